The average molecular weight is 277 g/mol. The minimum atomic E-state index is 0.0835. The highest BCUT2D eigenvalue weighted by Crippen LogP contribution is 2.22. The highest BCUT2D eigenvalue weighted by Gasteiger charge is 2.19. The van der Waals surface area contributed by atoms with Crippen molar-refractivity contribution in [3.63, 3.8) is 0 Å². The fraction of sp³-hybridized carbons (Fsp3) is 0.533. The molecule has 0 spiro atoms. The molecule has 0 atom stereocenters. The van der Waals surface area contributed by atoms with Gasteiger partial charge in [0.15, 0.2) is 0 Å². The smallest absolute Gasteiger partial charge is 0.253 e. The molecule has 0 aliphatic carbocycles. The summed E-state index contributed by atoms with van der Waals surface area (Å²) < 4.78 is 5.00. The van der Waals surface area contributed by atoms with Crippen LogP contribution in [0.1, 0.15) is 29.6 Å². The van der Waals surface area contributed by atoms with E-state index >= 15 is 0 Å². The molecule has 3 N–H and O–H groups in total. The minimum Gasteiger partial charge on any atom is -0.397 e. The molecule has 1 aliphatic rings. The van der Waals surface area contributed by atoms with Crippen LogP contribution in [0.4, 0.5) is 11.4 Å². The number of methoxy groups -OCH3 is 1. The van der Waals surface area contributed by atoms with Crippen molar-refractivity contribution in [1.29, 1.82) is 0 Å². The van der Waals surface area contributed by atoms with Gasteiger partial charge in [0.2, 0.25) is 0 Å². The summed E-state index contributed by atoms with van der Waals surface area (Å²) in [7, 11) is 1.69. The third-order valence-electron chi connectivity index (χ3n) is 3.53. The van der Waals surface area contributed by atoms with Crippen LogP contribution >= 0.6 is 0 Å². The summed E-state index contributed by atoms with van der Waals surface area (Å²) >= 11 is 0. The summed E-state index contributed by atoms with van der Waals surface area (Å²) in [5.74, 6) is 0.0835. The lowest BCUT2D eigenvalue weighted by Crippen LogP contribution is -2.27. The predicted molar refractivity (Wildman–Crippen MR) is 81.0 cm³/mol. The highest BCUT2D eigenvalue weighted by atomic mass is 16.5. The Morgan fingerprint density at radius 2 is 2.15 bits per heavy atom. The van der Waals surface area contributed by atoms with Gasteiger partial charge in [0, 0.05) is 38.9 Å². The first-order valence-corrected chi connectivity index (χ1v) is 7.14. The first-order chi connectivity index (χ1) is 9.72. The molecule has 1 aromatic carbocycles. The molecule has 0 unspecified atom stereocenters. The van der Waals surface area contributed by atoms with E-state index in [1.165, 1.54) is 0 Å². The van der Waals surface area contributed by atoms with E-state index in [1.807, 2.05) is 17.0 Å². The molecule has 1 fully saturated rings. The lowest BCUT2D eigenvalue weighted by Gasteiger charge is -2.16. The highest BCUT2D eigenvalue weighted by molar-refractivity contribution is 5.96. The number of nitrogen functional groups attached to an aromatic ring is 1. The molecular formula is C15H23N3O2. The van der Waals surface area contributed by atoms with Gasteiger partial charge in [-0.05, 0) is 37.5 Å². The van der Waals surface area contributed by atoms with Gasteiger partial charge in [-0.1, -0.05) is 0 Å². The van der Waals surface area contributed by atoms with Crippen LogP contribution in [0.15, 0.2) is 18.2 Å². The van der Waals surface area contributed by atoms with Gasteiger partial charge in [-0.15, -0.1) is 0 Å². The summed E-state index contributed by atoms with van der Waals surface area (Å²) in [5, 5.41) is 3.25. The summed E-state index contributed by atoms with van der Waals surface area (Å²) in [6.07, 6.45) is 3.12. The maximum absolute atomic E-state index is 12.2. The van der Waals surface area contributed by atoms with Gasteiger partial charge in [-0.25, -0.2) is 0 Å². The van der Waals surface area contributed by atoms with E-state index in [9.17, 15) is 4.79 Å². The molecule has 0 saturated carbocycles. The molecular weight excluding hydrogens is 254 g/mol. The topological polar surface area (TPSA) is 67.6 Å². The van der Waals surface area contributed by atoms with Crippen molar-refractivity contribution in [2.45, 2.75) is 19.3 Å². The molecule has 5 nitrogen and oxygen atoms in total. The second-order valence-corrected chi connectivity index (χ2v) is 5.07. The van der Waals surface area contributed by atoms with E-state index in [2.05, 4.69) is 5.32 Å². The van der Waals surface area contributed by atoms with Crippen molar-refractivity contribution >= 4 is 17.3 Å². The second kappa shape index (κ2) is 7.14. The Morgan fingerprint density at radius 1 is 1.40 bits per heavy atom. The number of nitrogens with zero attached hydrogens (tertiary/aromatic N) is 1. The van der Waals surface area contributed by atoms with Crippen molar-refractivity contribution in [2.24, 2.45) is 0 Å². The summed E-state index contributed by atoms with van der Waals surface area (Å²) in [4.78, 5) is 14.1. The van der Waals surface area contributed by atoms with Crippen molar-refractivity contribution in [2.75, 3.05) is 44.4 Å². The molecule has 0 bridgehead atoms. The Balaban J connectivity index is 1.96. The third-order valence-corrected chi connectivity index (χ3v) is 3.53. The zero-order chi connectivity index (χ0) is 14.4. The predicted octanol–water partition coefficient (Wildman–Crippen LogP) is 1.95. The van der Waals surface area contributed by atoms with Gasteiger partial charge in [0.1, 0.15) is 0 Å². The van der Waals surface area contributed by atoms with Crippen LogP contribution < -0.4 is 11.1 Å². The lowest BCUT2D eigenvalue weighted by atomic mass is 10.1. The Kier molecular flexibility index (Phi) is 5.24. The van der Waals surface area contributed by atoms with E-state index in [1.54, 1.807) is 13.2 Å². The zero-order valence-electron chi connectivity index (χ0n) is 12.0. The maximum atomic E-state index is 12.2. The van der Waals surface area contributed by atoms with Gasteiger partial charge in [-0.2, -0.15) is 0 Å². The number of carbonyl (C=O) groups excluding carboxylic acids is 1. The van der Waals surface area contributed by atoms with Crippen LogP contribution in [0.2, 0.25) is 0 Å². The van der Waals surface area contributed by atoms with Crippen LogP contribution in [0.25, 0.3) is 0 Å². The average Bonchev–Trinajstić information content (AvgIpc) is 2.98. The minimum absolute atomic E-state index is 0.0835. The molecule has 2 rings (SSSR count). The summed E-state index contributed by atoms with van der Waals surface area (Å²) in [6.45, 7) is 3.24. The van der Waals surface area contributed by atoms with E-state index in [-0.39, 0.29) is 5.91 Å². The number of hydrogen-bond donors (Lipinski definition) is 2. The number of hydrogen-bond acceptors (Lipinski definition) is 4. The number of anilines is 2. The first kappa shape index (κ1) is 14.7. The standard InChI is InChI=1S/C15H23N3O2/c1-20-10-4-7-17-14-6-5-12(11-13(14)16)15(19)18-8-2-3-9-18/h5-6,11,17H,2-4,7-10,16H2,1H3. The number of amides is 1. The fourth-order valence-corrected chi connectivity index (χ4v) is 2.40. The molecule has 0 aromatic heterocycles. The monoisotopic (exact) mass is 277 g/mol. The van der Waals surface area contributed by atoms with Crippen LogP contribution in [-0.4, -0.2) is 44.2 Å². The SMILES string of the molecule is COCCCNc1ccc(C(=O)N2CCCC2)cc1N. The first-order valence-electron chi connectivity index (χ1n) is 7.14. The summed E-state index contributed by atoms with van der Waals surface area (Å²) in [5.41, 5.74) is 8.17. The van der Waals surface area contributed by atoms with Gasteiger partial charge in [0.25, 0.3) is 5.91 Å². The number of ether oxygens (including phenoxy) is 1. The molecule has 0 radical (unpaired) electrons. The number of carbonyl (C=O) groups is 1. The molecule has 5 heteroatoms. The lowest BCUT2D eigenvalue weighted by molar-refractivity contribution is 0.0793. The van der Waals surface area contributed by atoms with E-state index in [4.69, 9.17) is 10.5 Å². The van der Waals surface area contributed by atoms with Gasteiger partial charge < -0.3 is 20.7 Å². The van der Waals surface area contributed by atoms with Gasteiger partial charge in [0.05, 0.1) is 11.4 Å². The number of rotatable bonds is 6. The summed E-state index contributed by atoms with van der Waals surface area (Å²) in [6, 6.07) is 5.49. The molecule has 1 heterocycles. The van der Waals surface area contributed by atoms with Crippen molar-refractivity contribution in [1.82, 2.24) is 4.90 Å². The Labute approximate surface area is 120 Å². The van der Waals surface area contributed by atoms with Crippen LogP contribution in [0, 0.1) is 0 Å². The van der Waals surface area contributed by atoms with Gasteiger partial charge in [-0.3, -0.25) is 4.79 Å². The van der Waals surface area contributed by atoms with Crippen LogP contribution in [0.5, 0.6) is 0 Å². The molecule has 1 saturated heterocycles. The van der Waals surface area contributed by atoms with Gasteiger partial charge >= 0.3 is 0 Å². The van der Waals surface area contributed by atoms with Crippen molar-refractivity contribution in [3.05, 3.63) is 23.8 Å². The zero-order valence-corrected chi connectivity index (χ0v) is 12.0. The molecule has 20 heavy (non-hydrogen) atoms. The largest absolute Gasteiger partial charge is 0.397 e. The van der Waals surface area contributed by atoms with Crippen LogP contribution in [0.3, 0.4) is 0 Å². The normalized spacial score (nSPS) is 14.6. The molecule has 1 aliphatic heterocycles. The van der Waals surface area contributed by atoms with Crippen molar-refractivity contribution in [3.8, 4) is 0 Å². The van der Waals surface area contributed by atoms with Crippen LogP contribution in [-0.2, 0) is 4.74 Å². The number of likely N-dealkylation sites (tertiary alicyclic amines) is 1. The molecule has 1 aromatic rings. The maximum Gasteiger partial charge on any atom is 0.253 e. The third kappa shape index (κ3) is 3.63. The van der Waals surface area contributed by atoms with E-state index in [0.29, 0.717) is 11.3 Å². The quantitative estimate of drug-likeness (QED) is 0.616. The Hall–Kier alpha value is -1.75. The molecule has 1 amide bonds. The Bertz CT molecular complexity index is 456. The number of nitrogens with one attached hydrogen (secondary N) is 1. The molecule has 110 valence electrons. The number of benzene rings is 1. The number of nitrogens with two attached hydrogens (primary N) is 1. The van der Waals surface area contributed by atoms with E-state index in [0.717, 1.165) is 51.2 Å². The van der Waals surface area contributed by atoms with E-state index < -0.39 is 0 Å². The Morgan fingerprint density at radius 3 is 2.80 bits per heavy atom. The fourth-order valence-electron chi connectivity index (χ4n) is 2.40. The second-order valence-electron chi connectivity index (χ2n) is 5.07. The van der Waals surface area contributed by atoms with Crippen molar-refractivity contribution < 1.29 is 9.53 Å².